The molecule has 17 heavy (non-hydrogen) atoms. The number of rotatable bonds is 6. The summed E-state index contributed by atoms with van der Waals surface area (Å²) in [5.41, 5.74) is 0. The van der Waals surface area contributed by atoms with Gasteiger partial charge in [0.15, 0.2) is 0 Å². The van der Waals surface area contributed by atoms with E-state index in [-0.39, 0.29) is 13.1 Å². The maximum Gasteiger partial charge on any atom is 0.336 e. The summed E-state index contributed by atoms with van der Waals surface area (Å²) in [4.78, 5) is 0. The van der Waals surface area contributed by atoms with Crippen LogP contribution in [0.1, 0.15) is 19.3 Å². The quantitative estimate of drug-likeness (QED) is 0.454. The molecular weight excluding hydrogens is 280 g/mol. The van der Waals surface area contributed by atoms with Crippen LogP contribution in [0.25, 0.3) is 0 Å². The summed E-state index contributed by atoms with van der Waals surface area (Å²) < 4.78 is 54.1. The zero-order valence-electron chi connectivity index (χ0n) is 8.84. The largest absolute Gasteiger partial charge is 0.336 e. The van der Waals surface area contributed by atoms with Crippen molar-refractivity contribution >= 4 is 22.1 Å². The summed E-state index contributed by atoms with van der Waals surface area (Å²) in [5.74, 6) is -1.38. The second kappa shape index (κ2) is 6.25. The predicted octanol–water partition coefficient (Wildman–Crippen LogP) is 1.46. The minimum absolute atomic E-state index is 0.264. The first-order chi connectivity index (χ1) is 7.87. The van der Waals surface area contributed by atoms with E-state index in [9.17, 15) is 17.2 Å². The van der Waals surface area contributed by atoms with E-state index in [1.165, 1.54) is 0 Å². The molecule has 0 bridgehead atoms. The maximum absolute atomic E-state index is 13.1. The van der Waals surface area contributed by atoms with E-state index in [1.807, 2.05) is 0 Å². The van der Waals surface area contributed by atoms with Gasteiger partial charge in [-0.15, -0.1) is 4.33 Å². The maximum atomic E-state index is 13.1. The minimum atomic E-state index is -4.03. The van der Waals surface area contributed by atoms with Gasteiger partial charge in [0.05, 0.1) is 0 Å². The normalized spacial score (nSPS) is 19.5. The molecule has 0 aliphatic carbocycles. The van der Waals surface area contributed by atoms with Gasteiger partial charge in [-0.2, -0.15) is 8.78 Å². The molecule has 1 rings (SSSR count). The van der Waals surface area contributed by atoms with Crippen LogP contribution in [0, 0.1) is 0 Å². The van der Waals surface area contributed by atoms with E-state index in [0.29, 0.717) is 12.8 Å². The third-order valence-electron chi connectivity index (χ3n) is 2.25. The van der Waals surface area contributed by atoms with Gasteiger partial charge in [0.2, 0.25) is 10.0 Å². The highest BCUT2D eigenvalue weighted by atomic mass is 32.2. The van der Waals surface area contributed by atoms with E-state index in [1.54, 1.807) is 0 Å². The van der Waals surface area contributed by atoms with Crippen LogP contribution in [0.2, 0.25) is 0 Å². The molecule has 10 heteroatoms. The highest BCUT2D eigenvalue weighted by molar-refractivity contribution is 7.97. The summed E-state index contributed by atoms with van der Waals surface area (Å²) in [6.45, 7) is 0.529. The zero-order chi connectivity index (χ0) is 12.9. The molecule has 0 aromatic carbocycles. The first-order valence-corrected chi connectivity index (χ1v) is 7.24. The smallest absolute Gasteiger partial charge is 0.220 e. The van der Waals surface area contributed by atoms with Crippen LogP contribution in [0.4, 0.5) is 8.78 Å². The van der Waals surface area contributed by atoms with Gasteiger partial charge < -0.3 is 0 Å². The van der Waals surface area contributed by atoms with Gasteiger partial charge >= 0.3 is 5.25 Å². The molecule has 1 aliphatic heterocycles. The molecule has 6 nitrogen and oxygen atoms in total. The number of sulfonamides is 1. The van der Waals surface area contributed by atoms with Gasteiger partial charge in [-0.25, -0.2) is 18.0 Å². The first kappa shape index (κ1) is 15.1. The average molecular weight is 293 g/mol. The Morgan fingerprint density at radius 2 is 1.88 bits per heavy atom. The summed E-state index contributed by atoms with van der Waals surface area (Å²) in [6, 6.07) is 0. The predicted molar refractivity (Wildman–Crippen MR) is 56.5 cm³/mol. The van der Waals surface area contributed by atoms with Crippen LogP contribution in [0.5, 0.6) is 0 Å². The number of alkyl halides is 2. The summed E-state index contributed by atoms with van der Waals surface area (Å²) in [6.07, 6.45) is 2.25. The lowest BCUT2D eigenvalue weighted by Crippen LogP contribution is -2.41. The van der Waals surface area contributed by atoms with Gasteiger partial charge in [0.25, 0.3) is 0 Å². The number of hydrogen-bond donors (Lipinski definition) is 1. The van der Waals surface area contributed by atoms with E-state index < -0.39 is 33.1 Å². The summed E-state index contributed by atoms with van der Waals surface area (Å²) >= 11 is -0.542. The van der Waals surface area contributed by atoms with Crippen molar-refractivity contribution in [2.24, 2.45) is 0 Å². The second-order valence-corrected chi connectivity index (χ2v) is 6.45. The molecule has 0 radical (unpaired) electrons. The highest BCUT2D eigenvalue weighted by Crippen LogP contribution is 2.32. The number of nitrogens with zero attached hydrogens (tertiary/aromatic N) is 1. The molecular formula is C7H13F2NO5S2. The van der Waals surface area contributed by atoms with Gasteiger partial charge in [0.1, 0.15) is 17.8 Å². The molecule has 102 valence electrons. The lowest BCUT2D eigenvalue weighted by atomic mass is 10.2. The molecule has 1 heterocycles. The number of hydrogen-bond acceptors (Lipinski definition) is 6. The third kappa shape index (κ3) is 5.02. The molecule has 0 atom stereocenters. The van der Waals surface area contributed by atoms with Crippen LogP contribution < -0.4 is 0 Å². The Morgan fingerprint density at radius 3 is 2.41 bits per heavy atom. The molecule has 1 aliphatic rings. The van der Waals surface area contributed by atoms with Crippen molar-refractivity contribution in [1.29, 1.82) is 0 Å². The molecule has 0 amide bonds. The van der Waals surface area contributed by atoms with Crippen molar-refractivity contribution in [3.63, 3.8) is 0 Å². The van der Waals surface area contributed by atoms with Crippen LogP contribution in [0.3, 0.4) is 0 Å². The zero-order valence-corrected chi connectivity index (χ0v) is 10.5. The third-order valence-corrected chi connectivity index (χ3v) is 4.82. The number of piperidine rings is 1. The molecule has 0 aromatic heterocycles. The van der Waals surface area contributed by atoms with Crippen molar-refractivity contribution in [3.05, 3.63) is 0 Å². The Kier molecular flexibility index (Phi) is 5.54. The summed E-state index contributed by atoms with van der Waals surface area (Å²) in [7, 11) is -4.03. The van der Waals surface area contributed by atoms with E-state index in [4.69, 9.17) is 5.26 Å². The molecule has 1 fully saturated rings. The lowest BCUT2D eigenvalue weighted by molar-refractivity contribution is -0.433. The minimum Gasteiger partial charge on any atom is -0.220 e. The molecule has 0 unspecified atom stereocenters. The molecule has 0 aromatic rings. The fourth-order valence-corrected chi connectivity index (χ4v) is 3.73. The average Bonchev–Trinajstić information content (AvgIpc) is 2.26. The molecule has 1 N–H and O–H groups in total. The standard InChI is InChI=1S/C7H13F2NO5S2/c8-7(9,16-15-14-11)6-17(12,13)10-4-2-1-3-5-10/h11H,1-6H2. The second-order valence-electron chi connectivity index (χ2n) is 3.58. The van der Waals surface area contributed by atoms with Gasteiger partial charge in [0, 0.05) is 13.1 Å². The Labute approximate surface area is 102 Å². The first-order valence-electron chi connectivity index (χ1n) is 4.89. The van der Waals surface area contributed by atoms with Crippen LogP contribution in [0.15, 0.2) is 0 Å². The van der Waals surface area contributed by atoms with Gasteiger partial charge in [-0.1, -0.05) is 11.5 Å². The van der Waals surface area contributed by atoms with Crippen LogP contribution in [-0.2, 0) is 19.4 Å². The Hall–Kier alpha value is -0.0000000000000000971. The Morgan fingerprint density at radius 1 is 1.29 bits per heavy atom. The van der Waals surface area contributed by atoms with Gasteiger partial charge in [-0.05, 0) is 12.8 Å². The monoisotopic (exact) mass is 293 g/mol. The van der Waals surface area contributed by atoms with E-state index in [2.05, 4.69) is 9.37 Å². The van der Waals surface area contributed by atoms with Crippen molar-refractivity contribution in [2.75, 3.05) is 18.8 Å². The van der Waals surface area contributed by atoms with Crippen molar-refractivity contribution in [2.45, 2.75) is 24.5 Å². The lowest BCUT2D eigenvalue weighted by Gasteiger charge is -2.27. The van der Waals surface area contributed by atoms with E-state index in [0.717, 1.165) is 10.7 Å². The van der Waals surface area contributed by atoms with Crippen molar-refractivity contribution in [3.8, 4) is 0 Å². The Bertz CT molecular complexity index is 331. The highest BCUT2D eigenvalue weighted by Gasteiger charge is 2.41. The molecule has 0 saturated carbocycles. The van der Waals surface area contributed by atoms with Gasteiger partial charge in [-0.3, -0.25) is 0 Å². The topological polar surface area (TPSA) is 76.1 Å². The fraction of sp³-hybridized carbons (Fsp3) is 1.00. The van der Waals surface area contributed by atoms with E-state index >= 15 is 0 Å². The fourth-order valence-electron chi connectivity index (χ4n) is 1.54. The van der Waals surface area contributed by atoms with Crippen molar-refractivity contribution < 1.29 is 31.8 Å². The molecule has 0 spiro atoms. The molecule has 1 saturated heterocycles. The Balaban J connectivity index is 2.58. The number of halogens is 2. The van der Waals surface area contributed by atoms with Crippen LogP contribution >= 0.6 is 12.0 Å². The van der Waals surface area contributed by atoms with Crippen molar-refractivity contribution in [1.82, 2.24) is 4.31 Å². The summed E-state index contributed by atoms with van der Waals surface area (Å²) in [5, 5.41) is 7.07. The SMILES string of the molecule is O=S(=O)(CC(F)(F)SOOO)N1CCCCC1. The van der Waals surface area contributed by atoms with Crippen LogP contribution in [-0.4, -0.2) is 42.1 Å².